The summed E-state index contributed by atoms with van der Waals surface area (Å²) in [5.41, 5.74) is -0.0238. The Balaban J connectivity index is 1.94. The Hall–Kier alpha value is -1.26. The van der Waals surface area contributed by atoms with Crippen LogP contribution < -0.4 is 9.47 Å². The van der Waals surface area contributed by atoms with E-state index in [0.29, 0.717) is 32.8 Å². The highest BCUT2D eigenvalue weighted by Gasteiger charge is 2.34. The minimum absolute atomic E-state index is 0.354. The second-order valence-corrected chi connectivity index (χ2v) is 4.55. The van der Waals surface area contributed by atoms with E-state index in [4.69, 9.17) is 14.2 Å². The smallest absolute Gasteiger partial charge is 0.161 e. The number of aliphatic hydroxyl groups is 1. The molecule has 0 amide bonds. The van der Waals surface area contributed by atoms with Gasteiger partial charge in [-0.1, -0.05) is 6.07 Å². The topological polar surface area (TPSA) is 47.9 Å². The Morgan fingerprint density at radius 2 is 1.88 bits per heavy atom. The fourth-order valence-corrected chi connectivity index (χ4v) is 2.23. The van der Waals surface area contributed by atoms with Gasteiger partial charge in [0, 0.05) is 19.4 Å². The quantitative estimate of drug-likeness (QED) is 0.802. The van der Waals surface area contributed by atoms with Gasteiger partial charge in [0.25, 0.3) is 0 Å². The molecule has 0 bridgehead atoms. The first-order valence-electron chi connectivity index (χ1n) is 5.98. The van der Waals surface area contributed by atoms with Gasteiger partial charge in [-0.05, 0) is 17.7 Å². The monoisotopic (exact) mass is 236 g/mol. The lowest BCUT2D eigenvalue weighted by Crippen LogP contribution is -2.25. The Morgan fingerprint density at radius 1 is 1.06 bits per heavy atom. The van der Waals surface area contributed by atoms with Crippen molar-refractivity contribution >= 4 is 0 Å². The van der Waals surface area contributed by atoms with Crippen LogP contribution in [0.4, 0.5) is 0 Å². The summed E-state index contributed by atoms with van der Waals surface area (Å²) < 4.78 is 16.4. The molecule has 2 heterocycles. The summed E-state index contributed by atoms with van der Waals surface area (Å²) in [7, 11) is 0. The number of fused-ring (bicyclic) bond motifs is 1. The van der Waals surface area contributed by atoms with Crippen molar-refractivity contribution in [3.05, 3.63) is 23.8 Å². The maximum atomic E-state index is 10.4. The molecule has 1 fully saturated rings. The van der Waals surface area contributed by atoms with Crippen molar-refractivity contribution in [1.29, 1.82) is 0 Å². The van der Waals surface area contributed by atoms with Crippen molar-refractivity contribution in [2.75, 3.05) is 26.4 Å². The summed E-state index contributed by atoms with van der Waals surface area (Å²) in [6, 6.07) is 5.63. The van der Waals surface area contributed by atoms with Gasteiger partial charge in [-0.3, -0.25) is 0 Å². The summed E-state index contributed by atoms with van der Waals surface area (Å²) >= 11 is 0. The largest absolute Gasteiger partial charge is 0.490 e. The molecule has 3 rings (SSSR count). The van der Waals surface area contributed by atoms with Crippen molar-refractivity contribution in [3.8, 4) is 11.5 Å². The van der Waals surface area contributed by atoms with Crippen LogP contribution in [0.2, 0.25) is 0 Å². The van der Waals surface area contributed by atoms with Gasteiger partial charge in [0.15, 0.2) is 11.5 Å². The number of benzene rings is 1. The zero-order valence-electron chi connectivity index (χ0n) is 9.65. The van der Waals surface area contributed by atoms with Gasteiger partial charge in [0.1, 0.15) is 5.60 Å². The predicted octanol–water partition coefficient (Wildman–Crippen LogP) is 1.46. The van der Waals surface area contributed by atoms with Crippen molar-refractivity contribution in [2.45, 2.75) is 18.4 Å². The zero-order valence-corrected chi connectivity index (χ0v) is 9.65. The van der Waals surface area contributed by atoms with Crippen LogP contribution in [0.3, 0.4) is 0 Å². The van der Waals surface area contributed by atoms with Gasteiger partial charge >= 0.3 is 0 Å². The lowest BCUT2D eigenvalue weighted by molar-refractivity contribution is 0.0230. The maximum absolute atomic E-state index is 10.4. The minimum atomic E-state index is -0.870. The van der Waals surface area contributed by atoms with E-state index in [-0.39, 0.29) is 0 Å². The fraction of sp³-hybridized carbons (Fsp3) is 0.538. The number of rotatable bonds is 1. The maximum Gasteiger partial charge on any atom is 0.161 e. The summed E-state index contributed by atoms with van der Waals surface area (Å²) in [4.78, 5) is 0. The van der Waals surface area contributed by atoms with Crippen LogP contribution in [0.5, 0.6) is 11.5 Å². The molecule has 1 unspecified atom stereocenters. The van der Waals surface area contributed by atoms with Crippen LogP contribution in [0.1, 0.15) is 18.4 Å². The average Bonchev–Trinajstić information content (AvgIpc) is 2.65. The van der Waals surface area contributed by atoms with E-state index in [0.717, 1.165) is 23.5 Å². The van der Waals surface area contributed by atoms with E-state index >= 15 is 0 Å². The van der Waals surface area contributed by atoms with E-state index in [1.54, 1.807) is 0 Å². The van der Waals surface area contributed by atoms with Crippen molar-refractivity contribution < 1.29 is 19.3 Å². The first-order chi connectivity index (χ1) is 8.28. The first kappa shape index (κ1) is 10.9. The molecule has 2 aliphatic rings. The Labute approximate surface area is 100 Å². The summed E-state index contributed by atoms with van der Waals surface area (Å²) in [5.74, 6) is 1.48. The highest BCUT2D eigenvalue weighted by atomic mass is 16.5. The molecule has 0 aromatic heterocycles. The molecular weight excluding hydrogens is 220 g/mol. The lowest BCUT2D eigenvalue weighted by Gasteiger charge is -2.22. The predicted molar refractivity (Wildman–Crippen MR) is 61.4 cm³/mol. The highest BCUT2D eigenvalue weighted by molar-refractivity contribution is 5.45. The molecule has 1 atom stereocenters. The molecular formula is C13H16O4. The molecule has 1 aromatic rings. The summed E-state index contributed by atoms with van der Waals surface area (Å²) in [6.07, 6.45) is 1.52. The summed E-state index contributed by atoms with van der Waals surface area (Å²) in [5, 5.41) is 10.4. The normalized spacial score (nSPS) is 27.8. The van der Waals surface area contributed by atoms with Crippen LogP contribution in [-0.2, 0) is 10.3 Å². The Bertz CT molecular complexity index is 410. The Kier molecular flexibility index (Phi) is 2.68. The molecule has 1 aromatic carbocycles. The van der Waals surface area contributed by atoms with Crippen molar-refractivity contribution in [2.24, 2.45) is 0 Å². The fourth-order valence-electron chi connectivity index (χ4n) is 2.23. The molecule has 1 saturated heterocycles. The minimum Gasteiger partial charge on any atom is -0.490 e. The Morgan fingerprint density at radius 3 is 2.65 bits per heavy atom. The van der Waals surface area contributed by atoms with Crippen molar-refractivity contribution in [3.63, 3.8) is 0 Å². The SMILES string of the molecule is OC1(c2ccc3c(c2)OCCCO3)CCOC1. The van der Waals surface area contributed by atoms with Gasteiger partial charge in [-0.2, -0.15) is 0 Å². The number of hydrogen-bond acceptors (Lipinski definition) is 4. The molecule has 1 N–H and O–H groups in total. The summed E-state index contributed by atoms with van der Waals surface area (Å²) in [6.45, 7) is 2.29. The highest BCUT2D eigenvalue weighted by Crippen LogP contribution is 2.37. The molecule has 17 heavy (non-hydrogen) atoms. The molecule has 0 spiro atoms. The van der Waals surface area contributed by atoms with E-state index in [9.17, 15) is 5.11 Å². The van der Waals surface area contributed by atoms with Gasteiger partial charge in [-0.25, -0.2) is 0 Å². The van der Waals surface area contributed by atoms with Gasteiger partial charge in [0.2, 0.25) is 0 Å². The second-order valence-electron chi connectivity index (χ2n) is 4.55. The molecule has 0 aliphatic carbocycles. The first-order valence-corrected chi connectivity index (χ1v) is 5.98. The molecule has 4 heteroatoms. The van der Waals surface area contributed by atoms with E-state index < -0.39 is 5.60 Å². The average molecular weight is 236 g/mol. The number of hydrogen-bond donors (Lipinski definition) is 1. The lowest BCUT2D eigenvalue weighted by atomic mass is 9.93. The molecule has 92 valence electrons. The number of ether oxygens (including phenoxy) is 3. The second kappa shape index (κ2) is 4.20. The van der Waals surface area contributed by atoms with Crippen LogP contribution in [-0.4, -0.2) is 31.5 Å². The van der Waals surface area contributed by atoms with Gasteiger partial charge in [0.05, 0.1) is 19.8 Å². The zero-order chi connectivity index (χ0) is 11.7. The van der Waals surface area contributed by atoms with Crippen molar-refractivity contribution in [1.82, 2.24) is 0 Å². The van der Waals surface area contributed by atoms with E-state index in [1.165, 1.54) is 0 Å². The third-order valence-electron chi connectivity index (χ3n) is 3.29. The van der Waals surface area contributed by atoms with Crippen LogP contribution in [0.25, 0.3) is 0 Å². The molecule has 0 saturated carbocycles. The molecule has 0 radical (unpaired) electrons. The van der Waals surface area contributed by atoms with Gasteiger partial charge < -0.3 is 19.3 Å². The molecule has 2 aliphatic heterocycles. The molecule has 4 nitrogen and oxygen atoms in total. The van der Waals surface area contributed by atoms with Crippen LogP contribution in [0, 0.1) is 0 Å². The van der Waals surface area contributed by atoms with Crippen LogP contribution in [0.15, 0.2) is 18.2 Å². The van der Waals surface area contributed by atoms with Gasteiger partial charge in [-0.15, -0.1) is 0 Å². The standard InChI is InChI=1S/C13H16O4/c14-13(4-7-15-9-13)10-2-3-11-12(8-10)17-6-1-5-16-11/h2-3,8,14H,1,4-7,9H2. The third-order valence-corrected chi connectivity index (χ3v) is 3.29. The van der Waals surface area contributed by atoms with Crippen LogP contribution >= 0.6 is 0 Å². The third kappa shape index (κ3) is 1.98. The van der Waals surface area contributed by atoms with E-state index in [2.05, 4.69) is 0 Å². The van der Waals surface area contributed by atoms with E-state index in [1.807, 2.05) is 18.2 Å².